The second-order valence-corrected chi connectivity index (χ2v) is 4.23. The molecule has 2 atom stereocenters. The summed E-state index contributed by atoms with van der Waals surface area (Å²) in [4.78, 5) is 22.9. The highest BCUT2D eigenvalue weighted by Crippen LogP contribution is 2.17. The summed E-state index contributed by atoms with van der Waals surface area (Å²) in [5.74, 6) is -0.666. The maximum atomic E-state index is 11.8. The average Bonchev–Trinajstić information content (AvgIpc) is 2.37. The molecule has 0 radical (unpaired) electrons. The zero-order chi connectivity index (χ0) is 12.8. The maximum absolute atomic E-state index is 11.8. The quantitative estimate of drug-likeness (QED) is 0.699. The van der Waals surface area contributed by atoms with Crippen LogP contribution in [-0.2, 0) is 19.1 Å². The minimum Gasteiger partial charge on any atom is -0.467 e. The van der Waals surface area contributed by atoms with Gasteiger partial charge >= 0.3 is 5.97 Å². The summed E-state index contributed by atoms with van der Waals surface area (Å²) in [6.07, 6.45) is 1.56. The van der Waals surface area contributed by atoms with Gasteiger partial charge in [0.2, 0.25) is 5.91 Å². The van der Waals surface area contributed by atoms with Gasteiger partial charge in [-0.05, 0) is 25.7 Å². The molecule has 18 heavy (non-hydrogen) atoms. The van der Waals surface area contributed by atoms with Crippen LogP contribution in [0.15, 0.2) is 0 Å². The van der Waals surface area contributed by atoms with Crippen molar-refractivity contribution >= 4 is 24.3 Å². The van der Waals surface area contributed by atoms with Gasteiger partial charge in [-0.15, -0.1) is 12.4 Å². The number of amides is 1. The fourth-order valence-electron chi connectivity index (χ4n) is 1.83. The van der Waals surface area contributed by atoms with Gasteiger partial charge in [0, 0.05) is 13.2 Å². The Bertz CT molecular complexity index is 282. The van der Waals surface area contributed by atoms with Gasteiger partial charge in [0.15, 0.2) is 0 Å². The Morgan fingerprint density at radius 3 is 2.44 bits per heavy atom. The van der Waals surface area contributed by atoms with Gasteiger partial charge in [0.05, 0.1) is 13.2 Å². The number of methoxy groups -OCH3 is 1. The molecule has 1 aliphatic heterocycles. The molecule has 0 bridgehead atoms. The van der Waals surface area contributed by atoms with Gasteiger partial charge in [-0.2, -0.15) is 0 Å². The topological polar surface area (TPSA) is 90.7 Å². The molecule has 0 spiro atoms. The van der Waals surface area contributed by atoms with Crippen molar-refractivity contribution in [3.63, 3.8) is 0 Å². The van der Waals surface area contributed by atoms with Gasteiger partial charge in [-0.3, -0.25) is 4.79 Å². The molecule has 1 amide bonds. The first-order chi connectivity index (χ1) is 8.06. The van der Waals surface area contributed by atoms with E-state index < -0.39 is 18.1 Å². The molecule has 1 fully saturated rings. The van der Waals surface area contributed by atoms with Crippen molar-refractivity contribution < 1.29 is 19.1 Å². The van der Waals surface area contributed by atoms with Crippen molar-refractivity contribution in [1.29, 1.82) is 0 Å². The Labute approximate surface area is 113 Å². The molecule has 1 unspecified atom stereocenters. The van der Waals surface area contributed by atoms with Crippen LogP contribution in [0.3, 0.4) is 0 Å². The van der Waals surface area contributed by atoms with E-state index in [1.54, 1.807) is 6.92 Å². The number of carbonyl (C=O) groups excluding carboxylic acids is 2. The second kappa shape index (κ2) is 8.29. The predicted octanol–water partition coefficient (Wildman–Crippen LogP) is -0.160. The minimum atomic E-state index is -0.668. The first-order valence-electron chi connectivity index (χ1n) is 5.77. The molecule has 1 aliphatic rings. The van der Waals surface area contributed by atoms with E-state index in [1.807, 2.05) is 0 Å². The number of rotatable bonds is 4. The summed E-state index contributed by atoms with van der Waals surface area (Å²) >= 11 is 0. The smallest absolute Gasteiger partial charge is 0.328 e. The zero-order valence-corrected chi connectivity index (χ0v) is 11.5. The van der Waals surface area contributed by atoms with Crippen LogP contribution < -0.4 is 11.1 Å². The van der Waals surface area contributed by atoms with Gasteiger partial charge in [0.25, 0.3) is 0 Å². The molecule has 1 rings (SSSR count). The number of nitrogens with two attached hydrogens (primary N) is 1. The lowest BCUT2D eigenvalue weighted by molar-refractivity contribution is -0.144. The van der Waals surface area contributed by atoms with Crippen LogP contribution in [0.4, 0.5) is 0 Å². The first-order valence-corrected chi connectivity index (χ1v) is 5.77. The number of esters is 1. The van der Waals surface area contributed by atoms with Crippen LogP contribution >= 0.6 is 12.4 Å². The van der Waals surface area contributed by atoms with E-state index in [4.69, 9.17) is 10.5 Å². The van der Waals surface area contributed by atoms with E-state index in [2.05, 4.69) is 10.1 Å². The fourth-order valence-corrected chi connectivity index (χ4v) is 1.83. The van der Waals surface area contributed by atoms with Crippen molar-refractivity contribution in [1.82, 2.24) is 5.32 Å². The Balaban J connectivity index is 0.00000289. The van der Waals surface area contributed by atoms with E-state index in [9.17, 15) is 9.59 Å². The normalized spacial score (nSPS) is 19.3. The van der Waals surface area contributed by atoms with E-state index in [-0.39, 0.29) is 24.2 Å². The molecule has 7 heteroatoms. The van der Waals surface area contributed by atoms with Crippen molar-refractivity contribution in [2.45, 2.75) is 31.8 Å². The van der Waals surface area contributed by atoms with Gasteiger partial charge in [-0.1, -0.05) is 0 Å². The summed E-state index contributed by atoms with van der Waals surface area (Å²) in [6.45, 7) is 2.84. The molecular formula is C11H21ClN2O4. The van der Waals surface area contributed by atoms with E-state index in [0.29, 0.717) is 13.2 Å². The lowest BCUT2D eigenvalue weighted by atomic mass is 9.92. The van der Waals surface area contributed by atoms with Crippen LogP contribution in [0, 0.1) is 5.92 Å². The second-order valence-electron chi connectivity index (χ2n) is 4.23. The molecule has 0 aliphatic carbocycles. The summed E-state index contributed by atoms with van der Waals surface area (Å²) in [5, 5.41) is 2.55. The van der Waals surface area contributed by atoms with Crippen molar-refractivity contribution in [3.8, 4) is 0 Å². The highest BCUT2D eigenvalue weighted by Gasteiger charge is 2.28. The van der Waals surface area contributed by atoms with Crippen LogP contribution in [-0.4, -0.2) is 44.3 Å². The average molecular weight is 281 g/mol. The summed E-state index contributed by atoms with van der Waals surface area (Å²) in [7, 11) is 1.28. The Morgan fingerprint density at radius 2 is 1.94 bits per heavy atom. The number of hydrogen-bond donors (Lipinski definition) is 2. The van der Waals surface area contributed by atoms with E-state index in [0.717, 1.165) is 12.8 Å². The van der Waals surface area contributed by atoms with Crippen molar-refractivity contribution in [3.05, 3.63) is 0 Å². The zero-order valence-electron chi connectivity index (χ0n) is 10.7. The lowest BCUT2D eigenvalue weighted by Gasteiger charge is -2.27. The molecule has 3 N–H and O–H groups in total. The standard InChI is InChI=1S/C11H20N2O4.ClH/c1-7(11(15)16-2)13-10(14)9(12)8-3-5-17-6-4-8;/h7-9H,3-6,12H2,1-2H3,(H,13,14);1H/t7-,9?;/m1./s1. The van der Waals surface area contributed by atoms with E-state index >= 15 is 0 Å². The SMILES string of the molecule is COC(=O)[C@@H](C)NC(=O)C(N)C1CCOCC1.Cl. The third kappa shape index (κ3) is 4.80. The fraction of sp³-hybridized carbons (Fsp3) is 0.818. The molecule has 106 valence electrons. The molecule has 0 saturated carbocycles. The monoisotopic (exact) mass is 280 g/mol. The summed E-state index contributed by atoms with van der Waals surface area (Å²) in [5.41, 5.74) is 5.86. The molecule has 1 saturated heterocycles. The van der Waals surface area contributed by atoms with Crippen LogP contribution in [0.1, 0.15) is 19.8 Å². The molecule has 0 aromatic heterocycles. The van der Waals surface area contributed by atoms with E-state index in [1.165, 1.54) is 7.11 Å². The predicted molar refractivity (Wildman–Crippen MR) is 68.4 cm³/mol. The van der Waals surface area contributed by atoms with Crippen molar-refractivity contribution in [2.24, 2.45) is 11.7 Å². The number of ether oxygens (including phenoxy) is 2. The Hall–Kier alpha value is -0.850. The maximum Gasteiger partial charge on any atom is 0.328 e. The Kier molecular flexibility index (Phi) is 7.90. The van der Waals surface area contributed by atoms with Gasteiger partial charge < -0.3 is 20.5 Å². The first kappa shape index (κ1) is 17.2. The molecule has 6 nitrogen and oxygen atoms in total. The molecular weight excluding hydrogens is 260 g/mol. The molecule has 0 aromatic rings. The summed E-state index contributed by atoms with van der Waals surface area (Å²) < 4.78 is 9.73. The minimum absolute atomic E-state index is 0. The summed E-state index contributed by atoms with van der Waals surface area (Å²) in [6, 6.07) is -1.26. The van der Waals surface area contributed by atoms with Gasteiger partial charge in [0.1, 0.15) is 6.04 Å². The highest BCUT2D eigenvalue weighted by molar-refractivity contribution is 5.87. The third-order valence-electron chi connectivity index (χ3n) is 2.99. The number of hydrogen-bond acceptors (Lipinski definition) is 5. The Morgan fingerprint density at radius 1 is 1.39 bits per heavy atom. The number of halogens is 1. The molecule has 1 heterocycles. The molecule has 0 aromatic carbocycles. The van der Waals surface area contributed by atoms with Gasteiger partial charge in [-0.25, -0.2) is 4.79 Å². The number of nitrogens with one attached hydrogen (secondary N) is 1. The number of carbonyl (C=O) groups is 2. The van der Waals surface area contributed by atoms with Crippen LogP contribution in [0.5, 0.6) is 0 Å². The van der Waals surface area contributed by atoms with Crippen LogP contribution in [0.25, 0.3) is 0 Å². The largest absolute Gasteiger partial charge is 0.467 e. The third-order valence-corrected chi connectivity index (χ3v) is 2.99. The highest BCUT2D eigenvalue weighted by atomic mass is 35.5. The lowest BCUT2D eigenvalue weighted by Crippen LogP contribution is -2.51. The van der Waals surface area contributed by atoms with Crippen molar-refractivity contribution in [2.75, 3.05) is 20.3 Å². The van der Waals surface area contributed by atoms with Crippen LogP contribution in [0.2, 0.25) is 0 Å².